The van der Waals surface area contributed by atoms with Crippen molar-refractivity contribution in [2.24, 2.45) is 0 Å². The van der Waals surface area contributed by atoms with Gasteiger partial charge in [-0.1, -0.05) is 25.7 Å². The van der Waals surface area contributed by atoms with Crippen LogP contribution < -0.4 is 5.32 Å². The lowest BCUT2D eigenvalue weighted by Crippen LogP contribution is -2.42. The Balaban J connectivity index is 1.95. The zero-order valence-corrected chi connectivity index (χ0v) is 12.9. The summed E-state index contributed by atoms with van der Waals surface area (Å²) >= 11 is 3.05. The lowest BCUT2D eigenvalue weighted by atomic mass is 9.94. The van der Waals surface area contributed by atoms with Crippen molar-refractivity contribution in [3.8, 4) is 0 Å². The summed E-state index contributed by atoms with van der Waals surface area (Å²) in [6.07, 6.45) is 5.66. The second-order valence-corrected chi connectivity index (χ2v) is 6.30. The van der Waals surface area contributed by atoms with E-state index in [-0.39, 0.29) is 18.0 Å². The first-order valence-corrected chi connectivity index (χ1v) is 7.75. The van der Waals surface area contributed by atoms with Crippen molar-refractivity contribution in [3.05, 3.63) is 34.1 Å². The smallest absolute Gasteiger partial charge is 0.251 e. The van der Waals surface area contributed by atoms with Gasteiger partial charge in [0.25, 0.3) is 5.91 Å². The van der Waals surface area contributed by atoms with Crippen LogP contribution in [0.3, 0.4) is 0 Å². The highest BCUT2D eigenvalue weighted by molar-refractivity contribution is 9.10. The maximum atomic E-state index is 13.4. The molecular formula is C15H19BrFNO2. The fourth-order valence-electron chi connectivity index (χ4n) is 2.55. The fourth-order valence-corrected chi connectivity index (χ4v) is 2.79. The van der Waals surface area contributed by atoms with Gasteiger partial charge in [0.1, 0.15) is 5.82 Å². The Morgan fingerprint density at radius 2 is 1.95 bits per heavy atom. The average Bonchev–Trinajstić information content (AvgIpc) is 2.65. The van der Waals surface area contributed by atoms with Crippen LogP contribution in [0.4, 0.5) is 4.39 Å². The molecule has 1 fully saturated rings. The van der Waals surface area contributed by atoms with Crippen LogP contribution >= 0.6 is 15.9 Å². The summed E-state index contributed by atoms with van der Waals surface area (Å²) in [7, 11) is 0. The summed E-state index contributed by atoms with van der Waals surface area (Å²) in [5.41, 5.74) is -0.553. The first-order chi connectivity index (χ1) is 9.50. The summed E-state index contributed by atoms with van der Waals surface area (Å²) in [5.74, 6) is -0.820. The van der Waals surface area contributed by atoms with Gasteiger partial charge in [0.2, 0.25) is 0 Å². The van der Waals surface area contributed by atoms with Gasteiger partial charge in [0, 0.05) is 12.1 Å². The standard InChI is InChI=1S/C15H19BrFNO2/c16-12-6-5-11(9-13(12)17)14(19)18-10-15(20)7-3-1-2-4-8-15/h5-6,9,20H,1-4,7-8,10H2,(H,18,19). The number of carbonyl (C=O) groups excluding carboxylic acids is 1. The van der Waals surface area contributed by atoms with Gasteiger partial charge in [-0.3, -0.25) is 4.79 Å². The molecule has 5 heteroatoms. The van der Waals surface area contributed by atoms with Crippen molar-refractivity contribution in [1.82, 2.24) is 5.32 Å². The highest BCUT2D eigenvalue weighted by Gasteiger charge is 2.28. The third-order valence-electron chi connectivity index (χ3n) is 3.79. The van der Waals surface area contributed by atoms with Gasteiger partial charge in [0.05, 0.1) is 10.1 Å². The summed E-state index contributed by atoms with van der Waals surface area (Å²) < 4.78 is 13.7. The second kappa shape index (κ2) is 6.68. The number of hydrogen-bond donors (Lipinski definition) is 2. The Hall–Kier alpha value is -0.940. The maximum absolute atomic E-state index is 13.4. The molecule has 20 heavy (non-hydrogen) atoms. The second-order valence-electron chi connectivity index (χ2n) is 5.45. The van der Waals surface area contributed by atoms with Gasteiger partial charge in [-0.2, -0.15) is 0 Å². The number of halogens is 2. The van der Waals surface area contributed by atoms with Crippen LogP contribution in [0.2, 0.25) is 0 Å². The van der Waals surface area contributed by atoms with Crippen LogP contribution in [0, 0.1) is 5.82 Å². The van der Waals surface area contributed by atoms with Crippen molar-refractivity contribution in [1.29, 1.82) is 0 Å². The molecule has 2 N–H and O–H groups in total. The number of nitrogens with one attached hydrogen (secondary N) is 1. The molecule has 0 radical (unpaired) electrons. The van der Waals surface area contributed by atoms with Crippen LogP contribution in [0.1, 0.15) is 48.9 Å². The SMILES string of the molecule is O=C(NCC1(O)CCCCCC1)c1ccc(Br)c(F)c1. The molecule has 1 amide bonds. The molecule has 1 saturated carbocycles. The molecule has 1 aromatic carbocycles. The van der Waals surface area contributed by atoms with E-state index in [1.807, 2.05) is 0 Å². The molecule has 0 aromatic heterocycles. The summed E-state index contributed by atoms with van der Waals surface area (Å²) in [6, 6.07) is 4.25. The molecule has 2 rings (SSSR count). The molecule has 0 unspecified atom stereocenters. The van der Waals surface area contributed by atoms with Crippen molar-refractivity contribution in [2.45, 2.75) is 44.1 Å². The largest absolute Gasteiger partial charge is 0.388 e. The molecule has 1 aliphatic carbocycles. The lowest BCUT2D eigenvalue weighted by Gasteiger charge is -2.26. The van der Waals surface area contributed by atoms with Crippen molar-refractivity contribution < 1.29 is 14.3 Å². The zero-order valence-electron chi connectivity index (χ0n) is 11.3. The summed E-state index contributed by atoms with van der Waals surface area (Å²) in [4.78, 5) is 12.0. The van der Waals surface area contributed by atoms with Crippen LogP contribution in [-0.4, -0.2) is 23.2 Å². The normalized spacial score (nSPS) is 18.4. The quantitative estimate of drug-likeness (QED) is 0.826. The molecule has 0 aliphatic heterocycles. The first-order valence-electron chi connectivity index (χ1n) is 6.96. The molecule has 0 heterocycles. The van der Waals surface area contributed by atoms with Crippen LogP contribution in [0.5, 0.6) is 0 Å². The number of aliphatic hydroxyl groups is 1. The number of hydrogen-bond acceptors (Lipinski definition) is 2. The van der Waals surface area contributed by atoms with Gasteiger partial charge in [-0.25, -0.2) is 4.39 Å². The average molecular weight is 344 g/mol. The predicted molar refractivity (Wildman–Crippen MR) is 79.1 cm³/mol. The zero-order chi connectivity index (χ0) is 14.6. The van der Waals surface area contributed by atoms with E-state index >= 15 is 0 Å². The van der Waals surface area contributed by atoms with Gasteiger partial charge in [-0.05, 0) is 47.0 Å². The highest BCUT2D eigenvalue weighted by atomic mass is 79.9. The highest BCUT2D eigenvalue weighted by Crippen LogP contribution is 2.26. The maximum Gasteiger partial charge on any atom is 0.251 e. The minimum absolute atomic E-state index is 0.226. The monoisotopic (exact) mass is 343 g/mol. The van der Waals surface area contributed by atoms with E-state index in [2.05, 4.69) is 21.2 Å². The van der Waals surface area contributed by atoms with E-state index in [4.69, 9.17) is 0 Å². The van der Waals surface area contributed by atoms with E-state index in [0.717, 1.165) is 25.7 Å². The summed E-state index contributed by atoms with van der Waals surface area (Å²) in [5, 5.41) is 13.2. The molecule has 0 saturated heterocycles. The van der Waals surface area contributed by atoms with Crippen LogP contribution in [-0.2, 0) is 0 Å². The minimum atomic E-state index is -0.819. The van der Waals surface area contributed by atoms with E-state index in [9.17, 15) is 14.3 Å². The fraction of sp³-hybridized carbons (Fsp3) is 0.533. The van der Waals surface area contributed by atoms with Gasteiger partial charge in [-0.15, -0.1) is 0 Å². The van der Waals surface area contributed by atoms with Gasteiger partial charge in [0.15, 0.2) is 0 Å². The molecule has 3 nitrogen and oxygen atoms in total. The predicted octanol–water partition coefficient (Wildman–Crippen LogP) is 3.40. The van der Waals surface area contributed by atoms with Crippen molar-refractivity contribution >= 4 is 21.8 Å². The number of rotatable bonds is 3. The van der Waals surface area contributed by atoms with Gasteiger partial charge >= 0.3 is 0 Å². The third kappa shape index (κ3) is 4.03. The molecule has 0 atom stereocenters. The van der Waals surface area contributed by atoms with Crippen LogP contribution in [0.25, 0.3) is 0 Å². The van der Waals surface area contributed by atoms with E-state index in [0.29, 0.717) is 17.3 Å². The van der Waals surface area contributed by atoms with E-state index < -0.39 is 11.4 Å². The third-order valence-corrected chi connectivity index (χ3v) is 4.44. The Morgan fingerprint density at radius 3 is 2.55 bits per heavy atom. The van der Waals surface area contributed by atoms with Crippen molar-refractivity contribution in [3.63, 3.8) is 0 Å². The topological polar surface area (TPSA) is 49.3 Å². The number of carbonyl (C=O) groups is 1. The molecule has 1 aromatic rings. The first kappa shape index (κ1) is 15.4. The van der Waals surface area contributed by atoms with E-state index in [1.165, 1.54) is 12.1 Å². The Labute approximate surface area is 126 Å². The molecule has 0 spiro atoms. The van der Waals surface area contributed by atoms with E-state index in [1.54, 1.807) is 6.07 Å². The molecular weight excluding hydrogens is 325 g/mol. The molecule has 1 aliphatic rings. The summed E-state index contributed by atoms with van der Waals surface area (Å²) in [6.45, 7) is 0.226. The van der Waals surface area contributed by atoms with Crippen LogP contribution in [0.15, 0.2) is 22.7 Å². The minimum Gasteiger partial charge on any atom is -0.388 e. The Morgan fingerprint density at radius 1 is 1.30 bits per heavy atom. The van der Waals surface area contributed by atoms with Crippen molar-refractivity contribution in [2.75, 3.05) is 6.54 Å². The lowest BCUT2D eigenvalue weighted by molar-refractivity contribution is 0.0246. The Kier molecular flexibility index (Phi) is 5.16. The molecule has 0 bridgehead atoms. The number of benzene rings is 1. The number of amides is 1. The Bertz CT molecular complexity index is 485. The van der Waals surface area contributed by atoms with Gasteiger partial charge < -0.3 is 10.4 Å². The molecule has 110 valence electrons.